The third kappa shape index (κ3) is 2.03. The van der Waals surface area contributed by atoms with E-state index in [1.807, 2.05) is 17.8 Å². The van der Waals surface area contributed by atoms with Crippen LogP contribution in [0, 0.1) is 0 Å². The summed E-state index contributed by atoms with van der Waals surface area (Å²) in [5.41, 5.74) is 2.68. The van der Waals surface area contributed by atoms with E-state index in [2.05, 4.69) is 25.6 Å². The number of rotatable bonds is 4. The lowest BCUT2D eigenvalue weighted by atomic mass is 10.2. The smallest absolute Gasteiger partial charge is 0.143 e. The second-order valence-electron chi connectivity index (χ2n) is 3.25. The van der Waals surface area contributed by atoms with Gasteiger partial charge < -0.3 is 4.57 Å². The van der Waals surface area contributed by atoms with Crippen LogP contribution >= 0.6 is 0 Å². The van der Waals surface area contributed by atoms with E-state index in [-0.39, 0.29) is 6.04 Å². The summed E-state index contributed by atoms with van der Waals surface area (Å²) in [5, 5.41) is 6.56. The van der Waals surface area contributed by atoms with Gasteiger partial charge in [-0.3, -0.25) is 10.9 Å². The van der Waals surface area contributed by atoms with Crippen LogP contribution in [-0.4, -0.2) is 24.7 Å². The summed E-state index contributed by atoms with van der Waals surface area (Å²) in [5.74, 6) is 7.10. The summed E-state index contributed by atoms with van der Waals surface area (Å²) < 4.78 is 1.95. The topological polar surface area (TPSA) is 97.4 Å². The van der Waals surface area contributed by atoms with E-state index >= 15 is 0 Å². The third-order valence-corrected chi connectivity index (χ3v) is 2.27. The van der Waals surface area contributed by atoms with Crippen molar-refractivity contribution < 1.29 is 0 Å². The standard InChI is InChI=1S/C8H13N7/c1-15-3-2-10-7(15)4-6(13-9)8-11-5-12-14-8/h2-3,5-6,13H,4,9H2,1H3,(H,11,12,14). The molecule has 80 valence electrons. The zero-order chi connectivity index (χ0) is 10.7. The maximum atomic E-state index is 5.46. The molecule has 0 fully saturated rings. The molecule has 0 aliphatic heterocycles. The molecule has 0 bridgehead atoms. The first-order valence-corrected chi connectivity index (χ1v) is 4.59. The van der Waals surface area contributed by atoms with Crippen LogP contribution in [-0.2, 0) is 13.5 Å². The van der Waals surface area contributed by atoms with E-state index in [0.717, 1.165) is 5.82 Å². The molecule has 1 atom stereocenters. The lowest BCUT2D eigenvalue weighted by molar-refractivity contribution is 0.506. The van der Waals surface area contributed by atoms with Crippen LogP contribution in [0.15, 0.2) is 18.7 Å². The molecule has 2 aromatic heterocycles. The van der Waals surface area contributed by atoms with E-state index in [1.165, 1.54) is 6.33 Å². The number of aromatic amines is 1. The van der Waals surface area contributed by atoms with E-state index in [4.69, 9.17) is 5.84 Å². The Morgan fingerprint density at radius 1 is 1.60 bits per heavy atom. The minimum atomic E-state index is -0.103. The third-order valence-electron chi connectivity index (χ3n) is 2.27. The Bertz CT molecular complexity index is 404. The highest BCUT2D eigenvalue weighted by molar-refractivity contribution is 5.00. The minimum absolute atomic E-state index is 0.103. The highest BCUT2D eigenvalue weighted by atomic mass is 15.3. The van der Waals surface area contributed by atoms with Crippen molar-refractivity contribution >= 4 is 0 Å². The van der Waals surface area contributed by atoms with E-state index in [1.54, 1.807) is 6.20 Å². The second-order valence-corrected chi connectivity index (χ2v) is 3.25. The van der Waals surface area contributed by atoms with E-state index in [0.29, 0.717) is 12.2 Å². The fraction of sp³-hybridized carbons (Fsp3) is 0.375. The van der Waals surface area contributed by atoms with Crippen LogP contribution in [0.2, 0.25) is 0 Å². The predicted octanol–water partition coefficient (Wildman–Crippen LogP) is -0.715. The first kappa shape index (κ1) is 9.81. The van der Waals surface area contributed by atoms with Crippen molar-refractivity contribution in [1.82, 2.24) is 30.2 Å². The number of imidazole rings is 1. The Morgan fingerprint density at radius 2 is 2.47 bits per heavy atom. The van der Waals surface area contributed by atoms with Crippen molar-refractivity contribution in [3.8, 4) is 0 Å². The maximum Gasteiger partial charge on any atom is 0.143 e. The van der Waals surface area contributed by atoms with Crippen LogP contribution in [0.4, 0.5) is 0 Å². The van der Waals surface area contributed by atoms with Crippen LogP contribution in [0.1, 0.15) is 17.7 Å². The van der Waals surface area contributed by atoms with Gasteiger partial charge in [-0.15, -0.1) is 0 Å². The average molecular weight is 207 g/mol. The zero-order valence-electron chi connectivity index (χ0n) is 8.38. The van der Waals surface area contributed by atoms with Gasteiger partial charge in [-0.2, -0.15) is 5.10 Å². The van der Waals surface area contributed by atoms with Crippen LogP contribution < -0.4 is 11.3 Å². The molecule has 0 spiro atoms. The molecule has 0 aliphatic rings. The molecule has 0 aromatic carbocycles. The van der Waals surface area contributed by atoms with Crippen molar-refractivity contribution in [3.63, 3.8) is 0 Å². The van der Waals surface area contributed by atoms with Crippen molar-refractivity contribution in [2.75, 3.05) is 0 Å². The normalized spacial score (nSPS) is 12.9. The van der Waals surface area contributed by atoms with Gasteiger partial charge in [-0.05, 0) is 0 Å². The molecule has 0 saturated carbocycles. The molecule has 7 nitrogen and oxygen atoms in total. The van der Waals surface area contributed by atoms with Gasteiger partial charge in [0.2, 0.25) is 0 Å². The minimum Gasteiger partial charge on any atom is -0.338 e. The molecular formula is C8H13N7. The summed E-state index contributed by atoms with van der Waals surface area (Å²) >= 11 is 0. The number of hydrogen-bond donors (Lipinski definition) is 3. The largest absolute Gasteiger partial charge is 0.338 e. The molecule has 7 heteroatoms. The first-order chi connectivity index (χ1) is 7.31. The Hall–Kier alpha value is -1.73. The number of aryl methyl sites for hydroxylation is 1. The van der Waals surface area contributed by atoms with Crippen molar-refractivity contribution in [1.29, 1.82) is 0 Å². The van der Waals surface area contributed by atoms with Gasteiger partial charge >= 0.3 is 0 Å². The summed E-state index contributed by atoms with van der Waals surface area (Å²) in [6.07, 6.45) is 5.76. The highest BCUT2D eigenvalue weighted by Gasteiger charge is 2.15. The summed E-state index contributed by atoms with van der Waals surface area (Å²) in [6.45, 7) is 0. The molecule has 2 rings (SSSR count). The zero-order valence-corrected chi connectivity index (χ0v) is 8.38. The Kier molecular flexibility index (Phi) is 2.75. The van der Waals surface area contributed by atoms with Crippen LogP contribution in [0.25, 0.3) is 0 Å². The molecule has 4 N–H and O–H groups in total. The van der Waals surface area contributed by atoms with Gasteiger partial charge in [0.05, 0.1) is 6.04 Å². The van der Waals surface area contributed by atoms with Crippen LogP contribution in [0.5, 0.6) is 0 Å². The SMILES string of the molecule is Cn1ccnc1CC(NN)c1ncn[nH]1. The Labute approximate surface area is 86.7 Å². The molecule has 1 unspecified atom stereocenters. The van der Waals surface area contributed by atoms with E-state index < -0.39 is 0 Å². The predicted molar refractivity (Wildman–Crippen MR) is 53.4 cm³/mol. The molecule has 2 heterocycles. The summed E-state index contributed by atoms with van der Waals surface area (Å²) in [6, 6.07) is -0.103. The monoisotopic (exact) mass is 207 g/mol. The fourth-order valence-corrected chi connectivity index (χ4v) is 1.39. The van der Waals surface area contributed by atoms with Crippen molar-refractivity contribution in [3.05, 3.63) is 30.4 Å². The molecular weight excluding hydrogens is 194 g/mol. The molecule has 2 aromatic rings. The maximum absolute atomic E-state index is 5.46. The van der Waals surface area contributed by atoms with Gasteiger partial charge in [0, 0.05) is 25.9 Å². The van der Waals surface area contributed by atoms with Gasteiger partial charge in [0.15, 0.2) is 0 Å². The van der Waals surface area contributed by atoms with E-state index in [9.17, 15) is 0 Å². The van der Waals surface area contributed by atoms with Gasteiger partial charge in [0.25, 0.3) is 0 Å². The molecule has 0 saturated heterocycles. The van der Waals surface area contributed by atoms with Crippen molar-refractivity contribution in [2.45, 2.75) is 12.5 Å². The van der Waals surface area contributed by atoms with Gasteiger partial charge in [-0.25, -0.2) is 15.4 Å². The van der Waals surface area contributed by atoms with Gasteiger partial charge in [0.1, 0.15) is 18.0 Å². The highest BCUT2D eigenvalue weighted by Crippen LogP contribution is 2.11. The number of hydrazine groups is 1. The first-order valence-electron chi connectivity index (χ1n) is 4.59. The molecule has 0 amide bonds. The summed E-state index contributed by atoms with van der Waals surface area (Å²) in [7, 11) is 1.94. The van der Waals surface area contributed by atoms with Gasteiger partial charge in [-0.1, -0.05) is 0 Å². The van der Waals surface area contributed by atoms with Crippen molar-refractivity contribution in [2.24, 2.45) is 12.9 Å². The Morgan fingerprint density at radius 3 is 3.00 bits per heavy atom. The number of hydrogen-bond acceptors (Lipinski definition) is 5. The summed E-state index contributed by atoms with van der Waals surface area (Å²) in [4.78, 5) is 8.27. The molecule has 0 radical (unpaired) electrons. The Balaban J connectivity index is 2.13. The number of nitrogens with two attached hydrogens (primary N) is 1. The van der Waals surface area contributed by atoms with Crippen LogP contribution in [0.3, 0.4) is 0 Å². The molecule has 15 heavy (non-hydrogen) atoms. The number of nitrogens with one attached hydrogen (secondary N) is 2. The molecule has 0 aliphatic carbocycles. The quantitative estimate of drug-likeness (QED) is 0.454. The number of aromatic nitrogens is 5. The fourth-order valence-electron chi connectivity index (χ4n) is 1.39. The second kappa shape index (κ2) is 4.20. The number of H-pyrrole nitrogens is 1. The lowest BCUT2D eigenvalue weighted by Gasteiger charge is -2.12. The lowest BCUT2D eigenvalue weighted by Crippen LogP contribution is -2.31. The number of nitrogens with zero attached hydrogens (tertiary/aromatic N) is 4. The average Bonchev–Trinajstić information content (AvgIpc) is 2.86.